The molecule has 1 fully saturated rings. The summed E-state index contributed by atoms with van der Waals surface area (Å²) in [6.07, 6.45) is 3.99. The molecule has 0 aromatic carbocycles. The minimum atomic E-state index is 1.13. The molecule has 0 amide bonds. The molecule has 1 aromatic heterocycles. The quantitative estimate of drug-likeness (QED) is 0.905. The van der Waals surface area contributed by atoms with E-state index in [0.717, 1.165) is 13.1 Å². The largest absolute Gasteiger partial charge is 0.380 e. The summed E-state index contributed by atoms with van der Waals surface area (Å²) < 4.78 is 0. The Labute approximate surface area is 114 Å². The second kappa shape index (κ2) is 5.19. The maximum Gasteiger partial charge on any atom is 0.0931 e. The number of hydrogen-bond donors (Lipinski definition) is 1. The van der Waals surface area contributed by atoms with Crippen molar-refractivity contribution in [2.24, 2.45) is 0 Å². The van der Waals surface area contributed by atoms with E-state index in [1.165, 1.54) is 43.9 Å². The van der Waals surface area contributed by atoms with Gasteiger partial charge in [0, 0.05) is 37.1 Å². The van der Waals surface area contributed by atoms with Gasteiger partial charge < -0.3 is 10.2 Å². The van der Waals surface area contributed by atoms with E-state index in [1.54, 1.807) is 16.0 Å². The van der Waals surface area contributed by atoms with Crippen molar-refractivity contribution >= 4 is 16.3 Å². The summed E-state index contributed by atoms with van der Waals surface area (Å²) in [4.78, 5) is 6.63. The van der Waals surface area contributed by atoms with Gasteiger partial charge >= 0.3 is 0 Å². The first kappa shape index (κ1) is 12.5. The minimum Gasteiger partial charge on any atom is -0.380 e. The highest BCUT2D eigenvalue weighted by molar-refractivity contribution is 7.16. The summed E-state index contributed by atoms with van der Waals surface area (Å²) in [6, 6.07) is 0. The van der Waals surface area contributed by atoms with Crippen LogP contribution in [-0.2, 0) is 19.5 Å². The number of thiophene rings is 1. The normalized spacial score (nSPS) is 21.2. The van der Waals surface area contributed by atoms with Gasteiger partial charge in [-0.1, -0.05) is 0 Å². The van der Waals surface area contributed by atoms with Crippen LogP contribution in [0, 0.1) is 0 Å². The number of nitrogens with one attached hydrogen (secondary N) is 1. The molecule has 3 heterocycles. The van der Waals surface area contributed by atoms with Crippen LogP contribution in [0.4, 0.5) is 5.00 Å². The van der Waals surface area contributed by atoms with E-state index in [9.17, 15) is 0 Å². The standard InChI is InChI=1S/C14H23N3S/c1-15-14-12(9-17-6-3-4-7-17)11-5-8-16(2)10-13(11)18-14/h15H,3-10H2,1-2H3. The van der Waals surface area contributed by atoms with Crippen molar-refractivity contribution in [2.45, 2.75) is 32.4 Å². The molecule has 18 heavy (non-hydrogen) atoms. The lowest BCUT2D eigenvalue weighted by Crippen LogP contribution is -2.26. The van der Waals surface area contributed by atoms with Gasteiger partial charge in [0.05, 0.1) is 5.00 Å². The number of anilines is 1. The van der Waals surface area contributed by atoms with Crippen molar-refractivity contribution in [3.05, 3.63) is 16.0 Å². The molecule has 3 nitrogen and oxygen atoms in total. The van der Waals surface area contributed by atoms with Gasteiger partial charge in [-0.3, -0.25) is 4.90 Å². The highest BCUT2D eigenvalue weighted by atomic mass is 32.1. The third-order valence-electron chi connectivity index (χ3n) is 4.16. The number of hydrogen-bond acceptors (Lipinski definition) is 4. The molecule has 0 atom stereocenters. The van der Waals surface area contributed by atoms with Crippen LogP contribution in [0.2, 0.25) is 0 Å². The molecule has 2 aliphatic heterocycles. The Balaban J connectivity index is 1.86. The molecule has 0 saturated carbocycles. The Morgan fingerprint density at radius 1 is 1.22 bits per heavy atom. The fourth-order valence-corrected chi connectivity index (χ4v) is 4.42. The highest BCUT2D eigenvalue weighted by Crippen LogP contribution is 2.37. The van der Waals surface area contributed by atoms with Gasteiger partial charge in [-0.2, -0.15) is 0 Å². The second-order valence-corrected chi connectivity index (χ2v) is 6.64. The molecule has 0 unspecified atom stereocenters. The molecular formula is C14H23N3S. The van der Waals surface area contributed by atoms with Crippen LogP contribution >= 0.6 is 11.3 Å². The maximum absolute atomic E-state index is 3.41. The molecule has 1 aromatic rings. The molecule has 1 N–H and O–H groups in total. The predicted octanol–water partition coefficient (Wildman–Crippen LogP) is 2.37. The zero-order valence-electron chi connectivity index (χ0n) is 11.5. The second-order valence-electron chi connectivity index (χ2n) is 5.53. The minimum absolute atomic E-state index is 1.13. The third-order valence-corrected chi connectivity index (χ3v) is 5.44. The van der Waals surface area contributed by atoms with Crippen LogP contribution in [0.1, 0.15) is 28.8 Å². The molecule has 4 heteroatoms. The van der Waals surface area contributed by atoms with E-state index >= 15 is 0 Å². The number of nitrogens with zero attached hydrogens (tertiary/aromatic N) is 2. The van der Waals surface area contributed by atoms with Crippen molar-refractivity contribution in [1.29, 1.82) is 0 Å². The first-order valence-electron chi connectivity index (χ1n) is 7.00. The van der Waals surface area contributed by atoms with Crippen LogP contribution in [0.5, 0.6) is 0 Å². The van der Waals surface area contributed by atoms with E-state index in [-0.39, 0.29) is 0 Å². The SMILES string of the molecule is CNc1sc2c(c1CN1CCCC1)CCN(C)C2. The van der Waals surface area contributed by atoms with E-state index in [0.29, 0.717) is 0 Å². The third kappa shape index (κ3) is 2.29. The van der Waals surface area contributed by atoms with Crippen molar-refractivity contribution in [3.8, 4) is 0 Å². The molecule has 2 aliphatic rings. The van der Waals surface area contributed by atoms with Crippen molar-refractivity contribution in [3.63, 3.8) is 0 Å². The summed E-state index contributed by atoms with van der Waals surface area (Å²) in [5.41, 5.74) is 3.24. The average Bonchev–Trinajstić information content (AvgIpc) is 2.97. The van der Waals surface area contributed by atoms with Gasteiger partial charge in [0.25, 0.3) is 0 Å². The summed E-state index contributed by atoms with van der Waals surface area (Å²) in [7, 11) is 4.29. The van der Waals surface area contributed by atoms with Crippen molar-refractivity contribution in [1.82, 2.24) is 9.80 Å². The number of likely N-dealkylation sites (tertiary alicyclic amines) is 1. The van der Waals surface area contributed by atoms with Gasteiger partial charge in [-0.05, 0) is 45.0 Å². The first-order chi connectivity index (χ1) is 8.78. The Bertz CT molecular complexity index is 421. The van der Waals surface area contributed by atoms with E-state index in [1.807, 2.05) is 11.3 Å². The molecule has 0 aliphatic carbocycles. The Morgan fingerprint density at radius 2 is 2.00 bits per heavy atom. The Hall–Kier alpha value is -0.580. The first-order valence-corrected chi connectivity index (χ1v) is 7.81. The van der Waals surface area contributed by atoms with E-state index in [2.05, 4.69) is 29.2 Å². The number of rotatable bonds is 3. The lowest BCUT2D eigenvalue weighted by molar-refractivity contribution is 0.309. The van der Waals surface area contributed by atoms with Crippen LogP contribution in [0.15, 0.2) is 0 Å². The topological polar surface area (TPSA) is 18.5 Å². The molecule has 0 radical (unpaired) electrons. The fraction of sp³-hybridized carbons (Fsp3) is 0.714. The predicted molar refractivity (Wildman–Crippen MR) is 78.4 cm³/mol. The van der Waals surface area contributed by atoms with E-state index in [4.69, 9.17) is 0 Å². The van der Waals surface area contributed by atoms with Crippen molar-refractivity contribution in [2.75, 3.05) is 39.0 Å². The van der Waals surface area contributed by atoms with Gasteiger partial charge in [-0.15, -0.1) is 11.3 Å². The zero-order valence-corrected chi connectivity index (χ0v) is 12.3. The van der Waals surface area contributed by atoms with Crippen LogP contribution in [0.3, 0.4) is 0 Å². The zero-order chi connectivity index (χ0) is 12.5. The molecule has 3 rings (SSSR count). The summed E-state index contributed by atoms with van der Waals surface area (Å²) >= 11 is 1.97. The Morgan fingerprint density at radius 3 is 2.72 bits per heavy atom. The molecular weight excluding hydrogens is 242 g/mol. The van der Waals surface area contributed by atoms with Crippen LogP contribution < -0.4 is 5.32 Å². The summed E-state index contributed by atoms with van der Waals surface area (Å²) in [5, 5.41) is 4.82. The van der Waals surface area contributed by atoms with Gasteiger partial charge in [0.15, 0.2) is 0 Å². The van der Waals surface area contributed by atoms with Gasteiger partial charge in [0.1, 0.15) is 0 Å². The molecule has 100 valence electrons. The summed E-state index contributed by atoms with van der Waals surface area (Å²) in [6.45, 7) is 6.07. The van der Waals surface area contributed by atoms with Gasteiger partial charge in [-0.25, -0.2) is 0 Å². The lowest BCUT2D eigenvalue weighted by atomic mass is 10.0. The maximum atomic E-state index is 3.41. The Kier molecular flexibility index (Phi) is 3.59. The highest BCUT2D eigenvalue weighted by Gasteiger charge is 2.24. The van der Waals surface area contributed by atoms with Gasteiger partial charge in [0.2, 0.25) is 0 Å². The van der Waals surface area contributed by atoms with Crippen LogP contribution in [-0.4, -0.2) is 43.5 Å². The number of fused-ring (bicyclic) bond motifs is 1. The monoisotopic (exact) mass is 265 g/mol. The van der Waals surface area contributed by atoms with Crippen molar-refractivity contribution < 1.29 is 0 Å². The molecule has 0 spiro atoms. The number of likely N-dealkylation sites (N-methyl/N-ethyl adjacent to an activating group) is 1. The lowest BCUT2D eigenvalue weighted by Gasteiger charge is -2.24. The van der Waals surface area contributed by atoms with E-state index < -0.39 is 0 Å². The average molecular weight is 265 g/mol. The fourth-order valence-electron chi connectivity index (χ4n) is 3.13. The summed E-state index contributed by atoms with van der Waals surface area (Å²) in [5.74, 6) is 0. The van der Waals surface area contributed by atoms with Crippen LogP contribution in [0.25, 0.3) is 0 Å². The smallest absolute Gasteiger partial charge is 0.0931 e. The molecule has 1 saturated heterocycles. The molecule has 0 bridgehead atoms.